The van der Waals surface area contributed by atoms with Gasteiger partial charge in [0.15, 0.2) is 0 Å². The van der Waals surface area contributed by atoms with E-state index < -0.39 is 0 Å². The van der Waals surface area contributed by atoms with Crippen molar-refractivity contribution in [2.24, 2.45) is 22.7 Å². The lowest BCUT2D eigenvalue weighted by molar-refractivity contribution is 0.179. The molecule has 0 bridgehead atoms. The van der Waals surface area contributed by atoms with Gasteiger partial charge < -0.3 is 0 Å². The van der Waals surface area contributed by atoms with Gasteiger partial charge in [0, 0.05) is 0 Å². The van der Waals surface area contributed by atoms with Crippen LogP contribution in [0.4, 0.5) is 0 Å². The summed E-state index contributed by atoms with van der Waals surface area (Å²) in [6.07, 6.45) is 14.8. The van der Waals surface area contributed by atoms with Crippen molar-refractivity contribution < 1.29 is 0 Å². The summed E-state index contributed by atoms with van der Waals surface area (Å²) >= 11 is 0. The Kier molecular flexibility index (Phi) is 10.7. The highest BCUT2D eigenvalue weighted by Gasteiger charge is 2.26. The Morgan fingerprint density at radius 1 is 0.455 bits per heavy atom. The Labute approximate surface area is 142 Å². The summed E-state index contributed by atoms with van der Waals surface area (Å²) in [4.78, 5) is 0. The molecule has 0 atom stereocenters. The van der Waals surface area contributed by atoms with Crippen molar-refractivity contribution >= 4 is 0 Å². The molecule has 2 fully saturated rings. The second-order valence-corrected chi connectivity index (χ2v) is 9.40. The first kappa shape index (κ1) is 22.0. The average molecular weight is 311 g/mol. The number of rotatable bonds is 0. The smallest absolute Gasteiger partial charge is 0.0354 e. The van der Waals surface area contributed by atoms with Crippen LogP contribution in [0.5, 0.6) is 0 Å². The summed E-state index contributed by atoms with van der Waals surface area (Å²) < 4.78 is 0. The zero-order valence-electron chi connectivity index (χ0n) is 17.2. The third-order valence-electron chi connectivity index (χ3n) is 5.66. The third-order valence-corrected chi connectivity index (χ3v) is 5.66. The van der Waals surface area contributed by atoms with E-state index >= 15 is 0 Å². The molecule has 0 radical (unpaired) electrons. The fourth-order valence-corrected chi connectivity index (χ4v) is 3.94. The Morgan fingerprint density at radius 2 is 0.682 bits per heavy atom. The van der Waals surface area contributed by atoms with Crippen LogP contribution in [0.3, 0.4) is 0 Å². The SMILES string of the molecule is CC.CC(C)(C)C1CCCCC1.CC(C)(C)C1CCCCC1. The number of hydrogen-bond donors (Lipinski definition) is 0. The van der Waals surface area contributed by atoms with Gasteiger partial charge in [-0.2, -0.15) is 0 Å². The van der Waals surface area contributed by atoms with E-state index in [4.69, 9.17) is 0 Å². The van der Waals surface area contributed by atoms with Crippen LogP contribution in [0.15, 0.2) is 0 Å². The quantitative estimate of drug-likeness (QED) is 0.422. The highest BCUT2D eigenvalue weighted by molar-refractivity contribution is 4.77. The van der Waals surface area contributed by atoms with E-state index in [0.717, 1.165) is 11.8 Å². The fourth-order valence-electron chi connectivity index (χ4n) is 3.94. The molecule has 0 saturated heterocycles. The molecule has 0 heteroatoms. The molecule has 0 N–H and O–H groups in total. The zero-order chi connectivity index (χ0) is 17.2. The summed E-state index contributed by atoms with van der Waals surface area (Å²) in [5.41, 5.74) is 1.14. The van der Waals surface area contributed by atoms with Crippen molar-refractivity contribution in [1.82, 2.24) is 0 Å². The predicted molar refractivity (Wildman–Crippen MR) is 103 cm³/mol. The lowest BCUT2D eigenvalue weighted by Crippen LogP contribution is -2.22. The molecule has 0 aliphatic heterocycles. The second kappa shape index (κ2) is 10.7. The molecule has 2 aliphatic rings. The van der Waals surface area contributed by atoms with Crippen LogP contribution in [0.25, 0.3) is 0 Å². The molecule has 0 amide bonds. The molecule has 0 unspecified atom stereocenters. The van der Waals surface area contributed by atoms with Crippen LogP contribution in [0.2, 0.25) is 0 Å². The van der Waals surface area contributed by atoms with Crippen LogP contribution in [0.1, 0.15) is 120 Å². The van der Waals surface area contributed by atoms with Gasteiger partial charge in [-0.25, -0.2) is 0 Å². The molecule has 0 aromatic heterocycles. The molecular weight excluding hydrogens is 264 g/mol. The summed E-state index contributed by atoms with van der Waals surface area (Å²) in [5, 5.41) is 0. The zero-order valence-corrected chi connectivity index (χ0v) is 17.2. The molecule has 0 aromatic rings. The first-order valence-corrected chi connectivity index (χ1v) is 10.2. The molecule has 0 spiro atoms. The Morgan fingerprint density at radius 3 is 0.818 bits per heavy atom. The number of hydrogen-bond acceptors (Lipinski definition) is 0. The molecule has 134 valence electrons. The summed E-state index contributed by atoms with van der Waals surface area (Å²) in [7, 11) is 0. The van der Waals surface area contributed by atoms with Gasteiger partial charge in [-0.3, -0.25) is 0 Å². The minimum absolute atomic E-state index is 0.570. The van der Waals surface area contributed by atoms with Crippen molar-refractivity contribution in [3.63, 3.8) is 0 Å². The van der Waals surface area contributed by atoms with Crippen LogP contribution >= 0.6 is 0 Å². The molecule has 0 nitrogen and oxygen atoms in total. The van der Waals surface area contributed by atoms with Gasteiger partial charge in [0.2, 0.25) is 0 Å². The Hall–Kier alpha value is 0. The molecule has 2 aliphatic carbocycles. The third kappa shape index (κ3) is 9.21. The first-order chi connectivity index (χ1) is 10.2. The van der Waals surface area contributed by atoms with Crippen LogP contribution in [-0.4, -0.2) is 0 Å². The average Bonchev–Trinajstić information content (AvgIpc) is 2.50. The molecule has 2 rings (SSSR count). The van der Waals surface area contributed by atoms with E-state index in [1.165, 1.54) is 64.2 Å². The van der Waals surface area contributed by atoms with E-state index in [0.29, 0.717) is 10.8 Å². The van der Waals surface area contributed by atoms with Crippen LogP contribution in [-0.2, 0) is 0 Å². The summed E-state index contributed by atoms with van der Waals surface area (Å²) in [6.45, 7) is 18.3. The highest BCUT2D eigenvalue weighted by atomic mass is 14.3. The van der Waals surface area contributed by atoms with Crippen molar-refractivity contribution in [1.29, 1.82) is 0 Å². The van der Waals surface area contributed by atoms with Gasteiger partial charge in [-0.15, -0.1) is 0 Å². The van der Waals surface area contributed by atoms with Crippen molar-refractivity contribution in [2.45, 2.75) is 120 Å². The topological polar surface area (TPSA) is 0 Å². The minimum Gasteiger partial charge on any atom is -0.0683 e. The van der Waals surface area contributed by atoms with Gasteiger partial charge >= 0.3 is 0 Å². The van der Waals surface area contributed by atoms with E-state index in [2.05, 4.69) is 41.5 Å². The van der Waals surface area contributed by atoms with E-state index in [1.807, 2.05) is 13.8 Å². The highest BCUT2D eigenvalue weighted by Crippen LogP contribution is 2.38. The van der Waals surface area contributed by atoms with Gasteiger partial charge in [0.25, 0.3) is 0 Å². The maximum absolute atomic E-state index is 2.38. The van der Waals surface area contributed by atoms with Crippen LogP contribution in [0, 0.1) is 22.7 Å². The lowest BCUT2D eigenvalue weighted by atomic mass is 9.72. The normalized spacial score (nSPS) is 21.3. The van der Waals surface area contributed by atoms with Crippen LogP contribution < -0.4 is 0 Å². The van der Waals surface area contributed by atoms with E-state index in [1.54, 1.807) is 0 Å². The van der Waals surface area contributed by atoms with Crippen molar-refractivity contribution in [2.75, 3.05) is 0 Å². The standard InChI is InChI=1S/2C10H20.C2H6/c2*1-10(2,3)9-7-5-4-6-8-9;1-2/h2*9H,4-8H2,1-3H3;1-2H3. The largest absolute Gasteiger partial charge is 0.0683 e. The van der Waals surface area contributed by atoms with Gasteiger partial charge in [0.05, 0.1) is 0 Å². The molecule has 2 saturated carbocycles. The van der Waals surface area contributed by atoms with Gasteiger partial charge in [0.1, 0.15) is 0 Å². The van der Waals surface area contributed by atoms with Crippen molar-refractivity contribution in [3.8, 4) is 0 Å². The Balaban J connectivity index is 0.000000360. The van der Waals surface area contributed by atoms with Gasteiger partial charge in [-0.1, -0.05) is 93.9 Å². The lowest BCUT2D eigenvalue weighted by Gasteiger charge is -2.33. The molecular formula is C22H46. The Bertz CT molecular complexity index is 210. The molecule has 22 heavy (non-hydrogen) atoms. The molecule has 0 heterocycles. The predicted octanol–water partition coefficient (Wildman–Crippen LogP) is 8.25. The maximum atomic E-state index is 2.38. The van der Waals surface area contributed by atoms with Gasteiger partial charge in [-0.05, 0) is 48.3 Å². The maximum Gasteiger partial charge on any atom is -0.0354 e. The summed E-state index contributed by atoms with van der Waals surface area (Å²) in [5.74, 6) is 2.00. The first-order valence-electron chi connectivity index (χ1n) is 10.2. The summed E-state index contributed by atoms with van der Waals surface area (Å²) in [6, 6.07) is 0. The molecule has 0 aromatic carbocycles. The van der Waals surface area contributed by atoms with Crippen molar-refractivity contribution in [3.05, 3.63) is 0 Å². The van der Waals surface area contributed by atoms with E-state index in [-0.39, 0.29) is 0 Å². The monoisotopic (exact) mass is 310 g/mol. The second-order valence-electron chi connectivity index (χ2n) is 9.40. The fraction of sp³-hybridized carbons (Fsp3) is 1.00. The van der Waals surface area contributed by atoms with E-state index in [9.17, 15) is 0 Å². The minimum atomic E-state index is 0.570.